The topological polar surface area (TPSA) is 84.9 Å². The van der Waals surface area contributed by atoms with E-state index in [4.69, 9.17) is 9.47 Å². The van der Waals surface area contributed by atoms with Gasteiger partial charge in [0.2, 0.25) is 15.9 Å². The van der Waals surface area contributed by atoms with Crippen molar-refractivity contribution in [3.05, 3.63) is 59.7 Å². The Kier molecular flexibility index (Phi) is 4.74. The summed E-state index contributed by atoms with van der Waals surface area (Å²) in [6.07, 6.45) is 3.07. The van der Waals surface area contributed by atoms with Crippen LogP contribution in [-0.2, 0) is 27.7 Å². The first-order valence-corrected chi connectivity index (χ1v) is 12.0. The Hall–Kier alpha value is -3.26. The van der Waals surface area contributed by atoms with Crippen molar-refractivity contribution in [2.45, 2.75) is 12.8 Å². The second-order valence-corrected chi connectivity index (χ2v) is 9.66. The molecule has 0 radical (unpaired) electrons. The lowest BCUT2D eigenvalue weighted by Crippen LogP contribution is -2.37. The highest BCUT2D eigenvalue weighted by Crippen LogP contribution is 2.36. The summed E-state index contributed by atoms with van der Waals surface area (Å²) in [4.78, 5) is 12.9. The molecule has 0 spiro atoms. The minimum Gasteiger partial charge on any atom is -0.486 e. The van der Waals surface area contributed by atoms with Crippen molar-refractivity contribution in [2.24, 2.45) is 0 Å². The van der Waals surface area contributed by atoms with Crippen LogP contribution in [0.25, 0.3) is 10.8 Å². The number of carbonyl (C=O) groups excluding carboxylic acids is 1. The molecule has 3 aromatic carbocycles. The van der Waals surface area contributed by atoms with E-state index in [1.807, 2.05) is 24.3 Å². The standard InChI is InChI=1S/C23H22N2O5S/c1-31(27,28)25(17-8-10-20-21(13-17)30-12-11-29-20)14-22(26)24-19-9-7-16-6-5-15-3-2-4-18(19)23(15)16/h2-4,7-10,13H,5-6,11-12,14H2,1H3,(H,24,26). The van der Waals surface area contributed by atoms with Gasteiger partial charge >= 0.3 is 0 Å². The van der Waals surface area contributed by atoms with Gasteiger partial charge in [-0.15, -0.1) is 0 Å². The van der Waals surface area contributed by atoms with Gasteiger partial charge < -0.3 is 14.8 Å². The zero-order valence-electron chi connectivity index (χ0n) is 17.1. The van der Waals surface area contributed by atoms with E-state index in [1.165, 1.54) is 16.5 Å². The number of ether oxygens (including phenoxy) is 2. The minimum absolute atomic E-state index is 0.346. The lowest BCUT2D eigenvalue weighted by molar-refractivity contribution is -0.114. The van der Waals surface area contributed by atoms with E-state index in [0.717, 1.165) is 28.8 Å². The molecule has 0 atom stereocenters. The number of carbonyl (C=O) groups is 1. The van der Waals surface area contributed by atoms with Crippen LogP contribution in [0.3, 0.4) is 0 Å². The molecule has 160 valence electrons. The monoisotopic (exact) mass is 438 g/mol. The summed E-state index contributed by atoms with van der Waals surface area (Å²) in [5.74, 6) is 0.602. The van der Waals surface area contributed by atoms with Crippen LogP contribution in [0.2, 0.25) is 0 Å². The number of anilines is 2. The van der Waals surface area contributed by atoms with Crippen molar-refractivity contribution in [3.8, 4) is 11.5 Å². The average Bonchev–Trinajstić information content (AvgIpc) is 3.17. The van der Waals surface area contributed by atoms with E-state index < -0.39 is 15.9 Å². The predicted molar refractivity (Wildman–Crippen MR) is 120 cm³/mol. The summed E-state index contributed by atoms with van der Waals surface area (Å²) in [6, 6.07) is 14.9. The summed E-state index contributed by atoms with van der Waals surface area (Å²) in [7, 11) is -3.70. The number of hydrogen-bond donors (Lipinski definition) is 1. The van der Waals surface area contributed by atoms with Gasteiger partial charge in [0.1, 0.15) is 19.8 Å². The maximum absolute atomic E-state index is 12.9. The van der Waals surface area contributed by atoms with Crippen LogP contribution in [-0.4, -0.2) is 40.3 Å². The number of fused-ring (bicyclic) bond motifs is 1. The molecule has 0 bridgehead atoms. The molecule has 1 N–H and O–H groups in total. The van der Waals surface area contributed by atoms with Gasteiger partial charge in [-0.05, 0) is 47.6 Å². The number of nitrogens with one attached hydrogen (secondary N) is 1. The Labute approximate surface area is 180 Å². The Morgan fingerprint density at radius 2 is 1.74 bits per heavy atom. The molecule has 31 heavy (non-hydrogen) atoms. The Morgan fingerprint density at radius 1 is 1.00 bits per heavy atom. The van der Waals surface area contributed by atoms with Crippen LogP contribution < -0.4 is 19.1 Å². The molecule has 1 amide bonds. The van der Waals surface area contributed by atoms with Crippen molar-refractivity contribution in [1.29, 1.82) is 0 Å². The molecule has 1 heterocycles. The molecule has 2 aliphatic rings. The zero-order valence-corrected chi connectivity index (χ0v) is 17.9. The Morgan fingerprint density at radius 3 is 2.52 bits per heavy atom. The van der Waals surface area contributed by atoms with E-state index in [1.54, 1.807) is 18.2 Å². The number of sulfonamides is 1. The van der Waals surface area contributed by atoms with Crippen LogP contribution in [0.4, 0.5) is 11.4 Å². The quantitative estimate of drug-likeness (QED) is 0.662. The molecule has 1 aliphatic heterocycles. The van der Waals surface area contributed by atoms with E-state index >= 15 is 0 Å². The van der Waals surface area contributed by atoms with Crippen LogP contribution in [0.15, 0.2) is 48.5 Å². The number of hydrogen-bond acceptors (Lipinski definition) is 5. The fourth-order valence-corrected chi connectivity index (χ4v) is 5.11. The van der Waals surface area contributed by atoms with E-state index in [2.05, 4.69) is 11.4 Å². The van der Waals surface area contributed by atoms with Gasteiger partial charge in [0.05, 0.1) is 11.9 Å². The summed E-state index contributed by atoms with van der Waals surface area (Å²) in [6.45, 7) is 0.487. The Bertz CT molecular complexity index is 1290. The number of nitrogens with zero attached hydrogens (tertiary/aromatic N) is 1. The van der Waals surface area contributed by atoms with Gasteiger partial charge in [-0.2, -0.15) is 0 Å². The maximum atomic E-state index is 12.9. The van der Waals surface area contributed by atoms with Crippen LogP contribution in [0.5, 0.6) is 11.5 Å². The summed E-state index contributed by atoms with van der Waals surface area (Å²) < 4.78 is 37.1. The van der Waals surface area contributed by atoms with E-state index in [-0.39, 0.29) is 6.54 Å². The smallest absolute Gasteiger partial charge is 0.245 e. The lowest BCUT2D eigenvalue weighted by atomic mass is 10.0. The number of aryl methyl sites for hydroxylation is 2. The molecule has 7 nitrogen and oxygen atoms in total. The normalized spacial score (nSPS) is 14.5. The molecular formula is C23H22N2O5S. The zero-order chi connectivity index (χ0) is 21.6. The van der Waals surface area contributed by atoms with E-state index in [9.17, 15) is 13.2 Å². The first-order chi connectivity index (χ1) is 14.9. The van der Waals surface area contributed by atoms with Gasteiger partial charge in [0.25, 0.3) is 0 Å². The molecule has 0 saturated heterocycles. The Balaban J connectivity index is 1.42. The fraction of sp³-hybridized carbons (Fsp3) is 0.261. The number of amides is 1. The molecular weight excluding hydrogens is 416 g/mol. The predicted octanol–water partition coefficient (Wildman–Crippen LogP) is 3.11. The number of rotatable bonds is 5. The van der Waals surface area contributed by atoms with Crippen molar-refractivity contribution >= 4 is 38.1 Å². The molecule has 1 aliphatic carbocycles. The van der Waals surface area contributed by atoms with Gasteiger partial charge in [0.15, 0.2) is 11.5 Å². The third-order valence-electron chi connectivity index (χ3n) is 5.65. The average molecular weight is 439 g/mol. The largest absolute Gasteiger partial charge is 0.486 e. The highest BCUT2D eigenvalue weighted by Gasteiger charge is 2.24. The van der Waals surface area contributed by atoms with E-state index in [0.29, 0.717) is 36.1 Å². The first kappa shape index (κ1) is 19.7. The molecule has 0 aromatic heterocycles. The molecule has 3 aromatic rings. The highest BCUT2D eigenvalue weighted by atomic mass is 32.2. The van der Waals surface area contributed by atoms with Crippen LogP contribution in [0, 0.1) is 0 Å². The van der Waals surface area contributed by atoms with Crippen LogP contribution in [0.1, 0.15) is 11.1 Å². The second kappa shape index (κ2) is 7.46. The van der Waals surface area contributed by atoms with Crippen molar-refractivity contribution in [3.63, 3.8) is 0 Å². The third kappa shape index (κ3) is 3.67. The molecule has 0 fully saturated rings. The maximum Gasteiger partial charge on any atom is 0.245 e. The first-order valence-electron chi connectivity index (χ1n) is 10.1. The molecule has 0 unspecified atom stereocenters. The van der Waals surface area contributed by atoms with Crippen molar-refractivity contribution in [2.75, 3.05) is 35.6 Å². The minimum atomic E-state index is -3.70. The van der Waals surface area contributed by atoms with Gasteiger partial charge in [-0.1, -0.05) is 24.3 Å². The summed E-state index contributed by atoms with van der Waals surface area (Å²) in [5.41, 5.74) is 3.58. The van der Waals surface area contributed by atoms with Gasteiger partial charge in [-0.25, -0.2) is 8.42 Å². The fourth-order valence-electron chi connectivity index (χ4n) is 4.26. The van der Waals surface area contributed by atoms with Crippen LogP contribution >= 0.6 is 0 Å². The third-order valence-corrected chi connectivity index (χ3v) is 6.79. The molecule has 8 heteroatoms. The van der Waals surface area contributed by atoms with Crippen molar-refractivity contribution in [1.82, 2.24) is 0 Å². The highest BCUT2D eigenvalue weighted by molar-refractivity contribution is 7.92. The molecule has 5 rings (SSSR count). The SMILES string of the molecule is CS(=O)(=O)N(CC(=O)Nc1ccc2c3c(cccc13)CC2)c1ccc2c(c1)OCCO2. The lowest BCUT2D eigenvalue weighted by Gasteiger charge is -2.25. The molecule has 0 saturated carbocycles. The van der Waals surface area contributed by atoms with Crippen molar-refractivity contribution < 1.29 is 22.7 Å². The van der Waals surface area contributed by atoms with Gasteiger partial charge in [-0.3, -0.25) is 9.10 Å². The van der Waals surface area contributed by atoms with Gasteiger partial charge in [0, 0.05) is 17.1 Å². The summed E-state index contributed by atoms with van der Waals surface area (Å²) in [5, 5.41) is 5.07. The number of benzene rings is 3. The summed E-state index contributed by atoms with van der Waals surface area (Å²) >= 11 is 0. The second-order valence-electron chi connectivity index (χ2n) is 7.76.